The first-order valence-corrected chi connectivity index (χ1v) is 14.4. The van der Waals surface area contributed by atoms with Crippen LogP contribution in [0, 0.1) is 18.6 Å². The number of carbonyl (C=O) groups is 2. The van der Waals surface area contributed by atoms with Crippen LogP contribution in [0.4, 0.5) is 8.78 Å². The molecule has 3 aromatic carbocycles. The van der Waals surface area contributed by atoms with Crippen molar-refractivity contribution in [3.05, 3.63) is 101 Å². The normalized spacial score (nSPS) is 13.7. The first-order chi connectivity index (χ1) is 21.7. The summed E-state index contributed by atoms with van der Waals surface area (Å²) in [6.07, 6.45) is 4.86. The van der Waals surface area contributed by atoms with Crippen LogP contribution < -0.4 is 10.1 Å². The third-order valence-corrected chi connectivity index (χ3v) is 8.49. The van der Waals surface area contributed by atoms with Crippen molar-refractivity contribution >= 4 is 33.8 Å². The topological polar surface area (TPSA) is 107 Å². The van der Waals surface area contributed by atoms with Crippen molar-refractivity contribution in [1.29, 1.82) is 0 Å². The lowest BCUT2D eigenvalue weighted by molar-refractivity contribution is 0.0955. The molecule has 7 rings (SSSR count). The molecule has 0 aliphatic heterocycles. The van der Waals surface area contributed by atoms with Crippen LogP contribution in [0.15, 0.2) is 75.8 Å². The fourth-order valence-corrected chi connectivity index (χ4v) is 5.89. The number of ether oxygens (including phenoxy) is 1. The number of Topliss-reactive ketones (excluding diaryl/α,β-unsaturated/α-hetero) is 1. The number of furan rings is 1. The Morgan fingerprint density at radius 1 is 1.00 bits per heavy atom. The van der Waals surface area contributed by atoms with Crippen molar-refractivity contribution in [3.8, 4) is 28.2 Å². The predicted molar refractivity (Wildman–Crippen MR) is 163 cm³/mol. The number of aryl methyl sites for hydroxylation is 1. The van der Waals surface area contributed by atoms with Crippen LogP contribution in [-0.4, -0.2) is 35.8 Å². The second-order valence-electron chi connectivity index (χ2n) is 11.3. The summed E-state index contributed by atoms with van der Waals surface area (Å²) in [6.45, 7) is 1.80. The van der Waals surface area contributed by atoms with Crippen LogP contribution >= 0.6 is 0 Å². The van der Waals surface area contributed by atoms with Gasteiger partial charge in [-0.1, -0.05) is 0 Å². The van der Waals surface area contributed by atoms with Crippen molar-refractivity contribution < 1.29 is 31.9 Å². The minimum absolute atomic E-state index is 0.00914. The molecule has 0 unspecified atom stereocenters. The molecular weight excluding hydrogens is 580 g/mol. The molecule has 0 radical (unpaired) electrons. The van der Waals surface area contributed by atoms with Gasteiger partial charge in [-0.15, -0.1) is 0 Å². The molecule has 226 valence electrons. The number of amides is 1. The maximum atomic E-state index is 16.6. The molecule has 10 heteroatoms. The van der Waals surface area contributed by atoms with E-state index in [0.717, 1.165) is 12.8 Å². The minimum atomic E-state index is -0.686. The Balaban J connectivity index is 1.31. The van der Waals surface area contributed by atoms with Crippen LogP contribution in [0.5, 0.6) is 5.75 Å². The fraction of sp³-hybridized carbons (Fsp3) is 0.200. The predicted octanol–water partition coefficient (Wildman–Crippen LogP) is 7.56. The van der Waals surface area contributed by atoms with Crippen molar-refractivity contribution in [2.45, 2.75) is 31.6 Å². The van der Waals surface area contributed by atoms with E-state index >= 15 is 4.39 Å². The monoisotopic (exact) mass is 607 g/mol. The summed E-state index contributed by atoms with van der Waals surface area (Å²) in [5.74, 6) is -0.907. The number of fused-ring (bicyclic) bond motifs is 2. The number of methoxy groups -OCH3 is 1. The Hall–Kier alpha value is -5.38. The number of oxazole rings is 1. The quantitative estimate of drug-likeness (QED) is 0.178. The average Bonchev–Trinajstić information content (AvgIpc) is 3.50. The van der Waals surface area contributed by atoms with Gasteiger partial charge in [-0.05, 0) is 85.5 Å². The first-order valence-electron chi connectivity index (χ1n) is 14.4. The molecule has 1 aliphatic rings. The first kappa shape index (κ1) is 28.4. The van der Waals surface area contributed by atoms with Crippen molar-refractivity contribution in [3.63, 3.8) is 0 Å². The van der Waals surface area contributed by atoms with Gasteiger partial charge in [0, 0.05) is 30.8 Å². The van der Waals surface area contributed by atoms with E-state index in [1.165, 1.54) is 38.4 Å². The van der Waals surface area contributed by atoms with E-state index in [4.69, 9.17) is 13.6 Å². The van der Waals surface area contributed by atoms with Gasteiger partial charge in [0.2, 0.25) is 5.89 Å². The third-order valence-electron chi connectivity index (χ3n) is 8.49. The average molecular weight is 608 g/mol. The number of benzene rings is 3. The summed E-state index contributed by atoms with van der Waals surface area (Å²) >= 11 is 0. The summed E-state index contributed by atoms with van der Waals surface area (Å²) in [4.78, 5) is 35.6. The van der Waals surface area contributed by atoms with Gasteiger partial charge in [0.05, 0.1) is 35.2 Å². The number of nitrogens with one attached hydrogen (secondary N) is 1. The van der Waals surface area contributed by atoms with Gasteiger partial charge < -0.3 is 18.9 Å². The molecule has 1 N–H and O–H groups in total. The number of hydrogen-bond acceptors (Lipinski definition) is 7. The summed E-state index contributed by atoms with van der Waals surface area (Å²) in [6, 6.07) is 13.7. The highest BCUT2D eigenvalue weighted by Gasteiger charge is 2.50. The molecule has 1 saturated carbocycles. The molecule has 8 nitrogen and oxygen atoms in total. The number of hydrogen-bond donors (Lipinski definition) is 1. The molecule has 1 amide bonds. The molecule has 1 fully saturated rings. The highest BCUT2D eigenvalue weighted by Crippen LogP contribution is 2.52. The molecule has 1 aliphatic carbocycles. The molecule has 45 heavy (non-hydrogen) atoms. The number of aromatic nitrogens is 2. The van der Waals surface area contributed by atoms with Crippen molar-refractivity contribution in [2.75, 3.05) is 14.2 Å². The molecule has 0 saturated heterocycles. The smallest absolute Gasteiger partial charge is 0.255 e. The molecule has 3 aromatic heterocycles. The Kier molecular flexibility index (Phi) is 6.72. The highest BCUT2D eigenvalue weighted by atomic mass is 19.1. The number of rotatable bonds is 8. The summed E-state index contributed by atoms with van der Waals surface area (Å²) in [5.41, 5.74) is 2.88. The number of nitrogens with zero attached hydrogens (tertiary/aromatic N) is 2. The van der Waals surface area contributed by atoms with Gasteiger partial charge in [-0.25, -0.2) is 13.8 Å². The lowest BCUT2D eigenvalue weighted by Crippen LogP contribution is -2.18. The molecule has 0 bridgehead atoms. The molecule has 6 aromatic rings. The summed E-state index contributed by atoms with van der Waals surface area (Å²) in [5, 5.41) is 2.53. The molecular formula is C35H27F2N3O5. The SMILES string of the molecule is CNC(=O)c1c(-c2ccc(F)cc2)oc2ccc(-c3cc(C(=O)CC4(c5nc6ccncc6o5)CC4)c(OC)cc3C)c(F)c12. The Morgan fingerprint density at radius 3 is 2.47 bits per heavy atom. The van der Waals surface area contributed by atoms with Gasteiger partial charge in [0.25, 0.3) is 5.91 Å². The standard InChI is InChI=1S/C35H27F2N3O5/c1-18-14-27(43-3)23(25(41)16-35(11-12-35)34-40-24-10-13-39-17-28(24)45-34)15-22(18)21-8-9-26-29(31(21)37)30(33(42)38-2)32(44-26)19-4-6-20(36)7-5-19/h4-10,13-15,17H,11-12,16H2,1-3H3,(H,38,42). The zero-order chi connectivity index (χ0) is 31.5. The van der Waals surface area contributed by atoms with E-state index in [1.54, 1.807) is 49.6 Å². The van der Waals surface area contributed by atoms with Crippen molar-refractivity contribution in [2.24, 2.45) is 0 Å². The third kappa shape index (κ3) is 4.73. The largest absolute Gasteiger partial charge is 0.496 e. The van der Waals surface area contributed by atoms with Gasteiger partial charge in [-0.2, -0.15) is 0 Å². The lowest BCUT2D eigenvalue weighted by Gasteiger charge is -2.16. The van der Waals surface area contributed by atoms with E-state index in [2.05, 4.69) is 15.3 Å². The van der Waals surface area contributed by atoms with E-state index < -0.39 is 23.0 Å². The van der Waals surface area contributed by atoms with E-state index in [0.29, 0.717) is 45.0 Å². The molecule has 0 atom stereocenters. The minimum Gasteiger partial charge on any atom is -0.496 e. The van der Waals surface area contributed by atoms with Crippen LogP contribution in [0.2, 0.25) is 0 Å². The van der Waals surface area contributed by atoms with Crippen molar-refractivity contribution in [1.82, 2.24) is 15.3 Å². The van der Waals surface area contributed by atoms with Gasteiger partial charge >= 0.3 is 0 Å². The zero-order valence-electron chi connectivity index (χ0n) is 24.7. The number of halogens is 2. The summed E-state index contributed by atoms with van der Waals surface area (Å²) in [7, 11) is 2.92. The number of carbonyl (C=O) groups excluding carboxylic acids is 2. The number of pyridine rings is 1. The van der Waals surface area contributed by atoms with Crippen LogP contribution in [0.3, 0.4) is 0 Å². The van der Waals surface area contributed by atoms with E-state index in [1.807, 2.05) is 0 Å². The summed E-state index contributed by atoms with van der Waals surface area (Å²) < 4.78 is 47.7. The van der Waals surface area contributed by atoms with Crippen LogP contribution in [0.25, 0.3) is 44.5 Å². The fourth-order valence-electron chi connectivity index (χ4n) is 5.89. The second kappa shape index (κ2) is 10.7. The lowest BCUT2D eigenvalue weighted by atomic mass is 9.90. The Labute approximate surface area is 256 Å². The Morgan fingerprint density at radius 2 is 1.78 bits per heavy atom. The van der Waals surface area contributed by atoms with Crippen LogP contribution in [0.1, 0.15) is 51.4 Å². The number of ketones is 1. The van der Waals surface area contributed by atoms with Gasteiger partial charge in [0.1, 0.15) is 34.2 Å². The van der Waals surface area contributed by atoms with Gasteiger partial charge in [-0.3, -0.25) is 14.6 Å². The van der Waals surface area contributed by atoms with E-state index in [9.17, 15) is 14.0 Å². The highest BCUT2D eigenvalue weighted by molar-refractivity contribution is 6.12. The second-order valence-corrected chi connectivity index (χ2v) is 11.3. The van der Waals surface area contributed by atoms with Crippen LogP contribution in [-0.2, 0) is 5.41 Å². The van der Waals surface area contributed by atoms with E-state index in [-0.39, 0.29) is 40.1 Å². The molecule has 3 heterocycles. The zero-order valence-corrected chi connectivity index (χ0v) is 24.7. The Bertz CT molecular complexity index is 2110. The molecule has 0 spiro atoms. The maximum Gasteiger partial charge on any atom is 0.255 e. The van der Waals surface area contributed by atoms with Gasteiger partial charge in [0.15, 0.2) is 11.4 Å². The maximum absolute atomic E-state index is 16.6.